The molecule has 1 heterocycles. The van der Waals surface area contributed by atoms with Gasteiger partial charge in [0.15, 0.2) is 6.04 Å². The molecule has 0 saturated carbocycles. The predicted octanol–water partition coefficient (Wildman–Crippen LogP) is 4.48. The maximum absolute atomic E-state index is 13.5. The highest BCUT2D eigenvalue weighted by Gasteiger charge is 2.32. The number of nitrogens with two attached hydrogens (primary N) is 1. The van der Waals surface area contributed by atoms with Gasteiger partial charge in [0, 0.05) is 28.2 Å². The molecule has 0 fully saturated rings. The van der Waals surface area contributed by atoms with E-state index in [0.717, 1.165) is 23.3 Å². The number of ether oxygens (including phenoxy) is 1. The summed E-state index contributed by atoms with van der Waals surface area (Å²) >= 11 is 1.90. The molecule has 0 radical (unpaired) electrons. The summed E-state index contributed by atoms with van der Waals surface area (Å²) in [6.45, 7) is 2.01. The van der Waals surface area contributed by atoms with E-state index in [2.05, 4.69) is 34.9 Å². The molecule has 30 heavy (non-hydrogen) atoms. The number of carbonyl (C=O) groups is 1. The Morgan fingerprint density at radius 2 is 1.87 bits per heavy atom. The molecule has 0 aromatic heterocycles. The molecule has 2 atom stereocenters. The van der Waals surface area contributed by atoms with Crippen LogP contribution in [-0.4, -0.2) is 18.8 Å². The lowest BCUT2D eigenvalue weighted by molar-refractivity contribution is -0.722. The van der Waals surface area contributed by atoms with Crippen LogP contribution in [0.1, 0.15) is 35.2 Å². The molecule has 0 aliphatic carbocycles. The highest BCUT2D eigenvalue weighted by Crippen LogP contribution is 2.34. The number of quaternary nitrogens is 1. The Kier molecular flexibility index (Phi) is 6.41. The quantitative estimate of drug-likeness (QED) is 0.619. The van der Waals surface area contributed by atoms with Gasteiger partial charge < -0.3 is 15.4 Å². The van der Waals surface area contributed by atoms with Crippen molar-refractivity contribution in [3.05, 3.63) is 89.5 Å². The van der Waals surface area contributed by atoms with E-state index < -0.39 is 0 Å². The van der Waals surface area contributed by atoms with E-state index in [4.69, 9.17) is 4.74 Å². The van der Waals surface area contributed by atoms with Gasteiger partial charge >= 0.3 is 0 Å². The number of fused-ring (bicyclic) bond motifs is 1. The van der Waals surface area contributed by atoms with Crippen LogP contribution in [-0.2, 0) is 4.79 Å². The van der Waals surface area contributed by atoms with Crippen LogP contribution >= 0.6 is 11.8 Å². The van der Waals surface area contributed by atoms with E-state index in [1.807, 2.05) is 67.2 Å². The van der Waals surface area contributed by atoms with Gasteiger partial charge in [-0.15, -0.1) is 11.8 Å². The Hall–Kier alpha value is -2.76. The first-order valence-corrected chi connectivity index (χ1v) is 11.2. The fourth-order valence-corrected chi connectivity index (χ4v) is 5.09. The maximum atomic E-state index is 13.5. The van der Waals surface area contributed by atoms with Gasteiger partial charge in [0.1, 0.15) is 11.8 Å². The summed E-state index contributed by atoms with van der Waals surface area (Å²) in [6, 6.07) is 24.3. The van der Waals surface area contributed by atoms with Crippen LogP contribution in [0.5, 0.6) is 5.75 Å². The number of amides is 1. The summed E-state index contributed by atoms with van der Waals surface area (Å²) in [7, 11) is 1.62. The molecule has 1 amide bonds. The number of nitrogens with one attached hydrogen (secondary N) is 1. The molecule has 0 saturated heterocycles. The minimum Gasteiger partial charge on any atom is -0.495 e. The van der Waals surface area contributed by atoms with Gasteiger partial charge in [0.25, 0.3) is 5.91 Å². The molecular formula is C25H27N2O2S+. The third-order valence-corrected chi connectivity index (χ3v) is 6.61. The molecule has 0 unspecified atom stereocenters. The van der Waals surface area contributed by atoms with Crippen molar-refractivity contribution in [2.75, 3.05) is 18.2 Å². The second kappa shape index (κ2) is 9.37. The SMILES string of the molecule is COc1ccc(C)cc1NC(=O)[C@H]([NH2+][C@@H]1CCSc2ccccc21)c1ccccc1. The van der Waals surface area contributed by atoms with Crippen LogP contribution < -0.4 is 15.4 Å². The Labute approximate surface area is 182 Å². The Morgan fingerprint density at radius 1 is 1.10 bits per heavy atom. The van der Waals surface area contributed by atoms with Gasteiger partial charge in [0.05, 0.1) is 12.8 Å². The lowest BCUT2D eigenvalue weighted by Crippen LogP contribution is -2.88. The molecule has 4 rings (SSSR count). The van der Waals surface area contributed by atoms with E-state index in [1.54, 1.807) is 7.11 Å². The van der Waals surface area contributed by atoms with Gasteiger partial charge in [-0.1, -0.05) is 54.6 Å². The molecule has 4 nitrogen and oxygen atoms in total. The summed E-state index contributed by atoms with van der Waals surface area (Å²) in [5, 5.41) is 5.33. The molecule has 3 N–H and O–H groups in total. The smallest absolute Gasteiger partial charge is 0.287 e. The molecule has 5 heteroatoms. The lowest BCUT2D eigenvalue weighted by Gasteiger charge is -2.27. The second-order valence-electron chi connectivity index (χ2n) is 7.56. The van der Waals surface area contributed by atoms with Crippen molar-refractivity contribution in [3.63, 3.8) is 0 Å². The molecule has 0 bridgehead atoms. The Morgan fingerprint density at radius 3 is 2.67 bits per heavy atom. The lowest BCUT2D eigenvalue weighted by atomic mass is 9.99. The molecule has 1 aliphatic rings. The van der Waals surface area contributed by atoms with Crippen molar-refractivity contribution >= 4 is 23.4 Å². The monoisotopic (exact) mass is 419 g/mol. The van der Waals surface area contributed by atoms with E-state index >= 15 is 0 Å². The van der Waals surface area contributed by atoms with Crippen LogP contribution in [0.25, 0.3) is 0 Å². The second-order valence-corrected chi connectivity index (χ2v) is 8.69. The summed E-state index contributed by atoms with van der Waals surface area (Å²) in [4.78, 5) is 14.8. The van der Waals surface area contributed by atoms with Crippen molar-refractivity contribution in [1.29, 1.82) is 0 Å². The average molecular weight is 420 g/mol. The predicted molar refractivity (Wildman–Crippen MR) is 122 cm³/mol. The standard InChI is InChI=1S/C25H26N2O2S/c1-17-12-13-22(29-2)21(16-17)27-25(28)24(18-8-4-3-5-9-18)26-20-14-15-30-23-11-7-6-10-19(20)23/h3-13,16,20,24,26H,14-15H2,1-2H3,(H,27,28)/p+1/t20-,24-/m1/s1. The van der Waals surface area contributed by atoms with Crippen molar-refractivity contribution in [2.45, 2.75) is 30.3 Å². The highest BCUT2D eigenvalue weighted by atomic mass is 32.2. The molecular weight excluding hydrogens is 392 g/mol. The number of aryl methyl sites for hydroxylation is 1. The molecule has 1 aliphatic heterocycles. The van der Waals surface area contributed by atoms with Gasteiger partial charge in [0.2, 0.25) is 0 Å². The number of carbonyl (C=O) groups excluding carboxylic acids is 1. The van der Waals surface area contributed by atoms with Crippen LogP contribution in [0.4, 0.5) is 5.69 Å². The topological polar surface area (TPSA) is 54.9 Å². The molecule has 154 valence electrons. The number of thioether (sulfide) groups is 1. The zero-order valence-corrected chi connectivity index (χ0v) is 18.1. The fourth-order valence-electron chi connectivity index (χ4n) is 3.94. The Bertz CT molecular complexity index is 1020. The zero-order valence-electron chi connectivity index (χ0n) is 17.3. The number of benzene rings is 3. The first kappa shape index (κ1) is 20.5. The van der Waals surface area contributed by atoms with Gasteiger partial charge in [-0.2, -0.15) is 0 Å². The summed E-state index contributed by atoms with van der Waals surface area (Å²) < 4.78 is 5.46. The minimum atomic E-state index is -0.349. The van der Waals surface area contributed by atoms with Gasteiger partial charge in [-0.25, -0.2) is 0 Å². The van der Waals surface area contributed by atoms with E-state index in [9.17, 15) is 4.79 Å². The van der Waals surface area contributed by atoms with Crippen LogP contribution in [0.15, 0.2) is 77.7 Å². The number of methoxy groups -OCH3 is 1. The first-order valence-electron chi connectivity index (χ1n) is 10.2. The van der Waals surface area contributed by atoms with E-state index in [1.165, 1.54) is 10.5 Å². The molecule has 3 aromatic carbocycles. The minimum absolute atomic E-state index is 0.0409. The molecule has 0 spiro atoms. The number of hydrogen-bond acceptors (Lipinski definition) is 3. The molecule has 3 aromatic rings. The van der Waals surface area contributed by atoms with E-state index in [0.29, 0.717) is 11.4 Å². The van der Waals surface area contributed by atoms with Crippen LogP contribution in [0.2, 0.25) is 0 Å². The third-order valence-electron chi connectivity index (χ3n) is 5.48. The first-order chi connectivity index (χ1) is 14.7. The van der Waals surface area contributed by atoms with Crippen molar-refractivity contribution in [2.24, 2.45) is 0 Å². The van der Waals surface area contributed by atoms with E-state index in [-0.39, 0.29) is 18.0 Å². The largest absolute Gasteiger partial charge is 0.495 e. The Balaban J connectivity index is 1.63. The number of rotatable bonds is 6. The van der Waals surface area contributed by atoms with Crippen molar-refractivity contribution < 1.29 is 14.8 Å². The summed E-state index contributed by atoms with van der Waals surface area (Å²) in [5.74, 6) is 1.69. The number of hydrogen-bond donors (Lipinski definition) is 2. The summed E-state index contributed by atoms with van der Waals surface area (Å²) in [6.07, 6.45) is 1.03. The highest BCUT2D eigenvalue weighted by molar-refractivity contribution is 7.99. The van der Waals surface area contributed by atoms with Gasteiger partial charge in [-0.3, -0.25) is 4.79 Å². The van der Waals surface area contributed by atoms with Crippen LogP contribution in [0.3, 0.4) is 0 Å². The van der Waals surface area contributed by atoms with Gasteiger partial charge in [-0.05, 0) is 30.7 Å². The average Bonchev–Trinajstić information content (AvgIpc) is 2.78. The fraction of sp³-hybridized carbons (Fsp3) is 0.240. The summed E-state index contributed by atoms with van der Waals surface area (Å²) in [5.41, 5.74) is 4.09. The number of anilines is 1. The maximum Gasteiger partial charge on any atom is 0.287 e. The van der Waals surface area contributed by atoms with Crippen molar-refractivity contribution in [3.8, 4) is 5.75 Å². The third kappa shape index (κ3) is 4.53. The zero-order chi connectivity index (χ0) is 20.9. The normalized spacial score (nSPS) is 16.4. The van der Waals surface area contributed by atoms with Crippen molar-refractivity contribution in [1.82, 2.24) is 0 Å². The van der Waals surface area contributed by atoms with Crippen LogP contribution in [0, 0.1) is 6.92 Å².